The van der Waals surface area contributed by atoms with E-state index in [4.69, 9.17) is 5.26 Å². The van der Waals surface area contributed by atoms with Gasteiger partial charge >= 0.3 is 0 Å². The van der Waals surface area contributed by atoms with Crippen molar-refractivity contribution in [1.29, 1.82) is 5.26 Å². The number of hydrogen-bond acceptors (Lipinski definition) is 2. The summed E-state index contributed by atoms with van der Waals surface area (Å²) in [4.78, 5) is 4.58. The number of aryl methyl sites for hydroxylation is 2. The van der Waals surface area contributed by atoms with Gasteiger partial charge in [-0.05, 0) is 50.7 Å². The first-order valence-electron chi connectivity index (χ1n) is 5.63. The van der Waals surface area contributed by atoms with Crippen LogP contribution in [0.5, 0.6) is 0 Å². The second-order valence-electron chi connectivity index (χ2n) is 4.29. The highest BCUT2D eigenvalue weighted by molar-refractivity contribution is 5.46. The molecule has 0 bridgehead atoms. The lowest BCUT2D eigenvalue weighted by Crippen LogP contribution is -2.04. The van der Waals surface area contributed by atoms with E-state index >= 15 is 0 Å². The Kier molecular flexibility index (Phi) is 2.73. The molecule has 0 saturated heterocycles. The van der Waals surface area contributed by atoms with Crippen molar-refractivity contribution in [3.05, 3.63) is 28.1 Å². The Morgan fingerprint density at radius 1 is 1.13 bits per heavy atom. The lowest BCUT2D eigenvalue weighted by Gasteiger charge is -2.12. The standard InChI is InChI=1S/C13H16N2/c1-9-11-6-4-3-5-7-13(11)15-10(2)12(9)8-14/h3-7H2,1-2H3. The Morgan fingerprint density at radius 3 is 2.60 bits per heavy atom. The summed E-state index contributed by atoms with van der Waals surface area (Å²) in [5.41, 5.74) is 5.43. The molecule has 1 heterocycles. The smallest absolute Gasteiger partial charge is 0.101 e. The Morgan fingerprint density at radius 2 is 1.87 bits per heavy atom. The van der Waals surface area contributed by atoms with Crippen LogP contribution in [0.3, 0.4) is 0 Å². The third kappa shape index (κ3) is 1.74. The Hall–Kier alpha value is -1.36. The second-order valence-corrected chi connectivity index (χ2v) is 4.29. The van der Waals surface area contributed by atoms with Gasteiger partial charge in [0.05, 0.1) is 11.3 Å². The maximum Gasteiger partial charge on any atom is 0.101 e. The van der Waals surface area contributed by atoms with Gasteiger partial charge in [0.1, 0.15) is 6.07 Å². The number of aromatic nitrogens is 1. The van der Waals surface area contributed by atoms with E-state index in [0.29, 0.717) is 0 Å². The Labute approximate surface area is 91.0 Å². The lowest BCUT2D eigenvalue weighted by molar-refractivity contribution is 0.708. The molecule has 0 unspecified atom stereocenters. The van der Waals surface area contributed by atoms with Crippen LogP contribution < -0.4 is 0 Å². The van der Waals surface area contributed by atoms with Gasteiger partial charge in [0.25, 0.3) is 0 Å². The van der Waals surface area contributed by atoms with E-state index in [-0.39, 0.29) is 0 Å². The molecule has 0 aliphatic heterocycles. The molecule has 0 N–H and O–H groups in total. The van der Waals surface area contributed by atoms with Gasteiger partial charge < -0.3 is 0 Å². The molecular weight excluding hydrogens is 184 g/mol. The minimum absolute atomic E-state index is 0.788. The van der Waals surface area contributed by atoms with E-state index in [1.807, 2.05) is 6.92 Å². The number of hydrogen-bond donors (Lipinski definition) is 0. The molecule has 1 aromatic heterocycles. The number of rotatable bonds is 0. The Balaban J connectivity index is 2.60. The van der Waals surface area contributed by atoms with Gasteiger partial charge in [-0.25, -0.2) is 0 Å². The van der Waals surface area contributed by atoms with Gasteiger partial charge in [0, 0.05) is 5.69 Å². The van der Waals surface area contributed by atoms with Crippen molar-refractivity contribution < 1.29 is 0 Å². The van der Waals surface area contributed by atoms with Crippen LogP contribution in [-0.2, 0) is 12.8 Å². The molecular formula is C13H16N2. The van der Waals surface area contributed by atoms with Crippen LogP contribution >= 0.6 is 0 Å². The van der Waals surface area contributed by atoms with Crippen molar-refractivity contribution in [3.8, 4) is 6.07 Å². The van der Waals surface area contributed by atoms with E-state index in [2.05, 4.69) is 18.0 Å². The molecule has 0 radical (unpaired) electrons. The topological polar surface area (TPSA) is 36.7 Å². The van der Waals surface area contributed by atoms with Crippen molar-refractivity contribution in [1.82, 2.24) is 4.98 Å². The minimum Gasteiger partial charge on any atom is -0.256 e. The molecule has 2 heteroatoms. The average molecular weight is 200 g/mol. The van der Waals surface area contributed by atoms with E-state index in [1.54, 1.807) is 0 Å². The molecule has 15 heavy (non-hydrogen) atoms. The summed E-state index contributed by atoms with van der Waals surface area (Å²) in [6, 6.07) is 2.27. The van der Waals surface area contributed by atoms with Crippen LogP contribution in [0.15, 0.2) is 0 Å². The van der Waals surface area contributed by atoms with Crippen molar-refractivity contribution >= 4 is 0 Å². The van der Waals surface area contributed by atoms with Gasteiger partial charge in [0.2, 0.25) is 0 Å². The van der Waals surface area contributed by atoms with Crippen LogP contribution in [0.2, 0.25) is 0 Å². The summed E-state index contributed by atoms with van der Waals surface area (Å²) >= 11 is 0. The van der Waals surface area contributed by atoms with Gasteiger partial charge in [-0.15, -0.1) is 0 Å². The van der Waals surface area contributed by atoms with Crippen LogP contribution in [-0.4, -0.2) is 4.98 Å². The summed E-state index contributed by atoms with van der Waals surface area (Å²) in [5, 5.41) is 9.08. The van der Waals surface area contributed by atoms with Crippen LogP contribution in [0.4, 0.5) is 0 Å². The van der Waals surface area contributed by atoms with Crippen LogP contribution in [0, 0.1) is 25.2 Å². The first-order chi connectivity index (χ1) is 7.24. The zero-order valence-corrected chi connectivity index (χ0v) is 9.43. The van der Waals surface area contributed by atoms with Gasteiger partial charge in [-0.2, -0.15) is 5.26 Å². The fourth-order valence-corrected chi connectivity index (χ4v) is 2.44. The average Bonchev–Trinajstić information content (AvgIpc) is 2.43. The second kappa shape index (κ2) is 4.02. The highest BCUT2D eigenvalue weighted by Gasteiger charge is 2.16. The molecule has 1 aliphatic carbocycles. The molecule has 0 amide bonds. The molecule has 2 rings (SSSR count). The molecule has 1 aromatic rings. The highest BCUT2D eigenvalue weighted by Crippen LogP contribution is 2.25. The number of nitriles is 1. The fourth-order valence-electron chi connectivity index (χ4n) is 2.44. The van der Waals surface area contributed by atoms with Crippen molar-refractivity contribution in [2.75, 3.05) is 0 Å². The quantitative estimate of drug-likeness (QED) is 0.604. The maximum atomic E-state index is 9.08. The molecule has 2 nitrogen and oxygen atoms in total. The third-order valence-corrected chi connectivity index (χ3v) is 3.29. The van der Waals surface area contributed by atoms with E-state index in [9.17, 15) is 0 Å². The summed E-state index contributed by atoms with van der Waals surface area (Å²) in [6.07, 6.45) is 5.96. The third-order valence-electron chi connectivity index (χ3n) is 3.29. The molecule has 0 atom stereocenters. The number of nitrogens with zero attached hydrogens (tertiary/aromatic N) is 2. The van der Waals surface area contributed by atoms with Crippen LogP contribution in [0.1, 0.15) is 47.3 Å². The van der Waals surface area contributed by atoms with E-state index in [1.165, 1.54) is 36.1 Å². The maximum absolute atomic E-state index is 9.08. The minimum atomic E-state index is 0.788. The lowest BCUT2D eigenvalue weighted by atomic mass is 9.97. The molecule has 0 saturated carbocycles. The first-order valence-corrected chi connectivity index (χ1v) is 5.63. The predicted molar refractivity (Wildman–Crippen MR) is 59.7 cm³/mol. The number of pyridine rings is 1. The van der Waals surface area contributed by atoms with Gasteiger partial charge in [-0.3, -0.25) is 4.98 Å². The Bertz CT molecular complexity index is 427. The summed E-state index contributed by atoms with van der Waals surface area (Å²) in [7, 11) is 0. The SMILES string of the molecule is Cc1nc2c(c(C)c1C#N)CCCCC2. The summed E-state index contributed by atoms with van der Waals surface area (Å²) in [6.45, 7) is 4.01. The van der Waals surface area contributed by atoms with Crippen molar-refractivity contribution in [2.45, 2.75) is 46.0 Å². The highest BCUT2D eigenvalue weighted by atomic mass is 14.7. The van der Waals surface area contributed by atoms with Crippen molar-refractivity contribution in [2.24, 2.45) is 0 Å². The van der Waals surface area contributed by atoms with Gasteiger partial charge in [0.15, 0.2) is 0 Å². The first kappa shape index (κ1) is 10.2. The molecule has 0 fully saturated rings. The van der Waals surface area contributed by atoms with E-state index < -0.39 is 0 Å². The largest absolute Gasteiger partial charge is 0.256 e. The van der Waals surface area contributed by atoms with Crippen LogP contribution in [0.25, 0.3) is 0 Å². The molecule has 78 valence electrons. The number of fused-ring (bicyclic) bond motifs is 1. The van der Waals surface area contributed by atoms with Gasteiger partial charge in [-0.1, -0.05) is 6.42 Å². The molecule has 0 spiro atoms. The fraction of sp³-hybridized carbons (Fsp3) is 0.538. The molecule has 0 aromatic carbocycles. The summed E-state index contributed by atoms with van der Waals surface area (Å²) in [5.74, 6) is 0. The molecule has 1 aliphatic rings. The van der Waals surface area contributed by atoms with E-state index in [0.717, 1.165) is 24.1 Å². The predicted octanol–water partition coefficient (Wildman–Crippen LogP) is 2.84. The summed E-state index contributed by atoms with van der Waals surface area (Å²) < 4.78 is 0. The zero-order valence-electron chi connectivity index (χ0n) is 9.43. The monoisotopic (exact) mass is 200 g/mol. The zero-order chi connectivity index (χ0) is 10.8. The van der Waals surface area contributed by atoms with Crippen molar-refractivity contribution in [3.63, 3.8) is 0 Å². The normalized spacial score (nSPS) is 15.3.